The van der Waals surface area contributed by atoms with Crippen LogP contribution >= 0.6 is 11.3 Å². The standard InChI is InChI=1S/C41H39N5O3S/c1-24-32(16-29(21-42)46(24)23-41-18-25-13-26(19-41)15-27(14-25)20-41)31-9-10-37(44-39(31)40(48)49)45-12-11-28-5-4-6-30(33(28)22-45)35(47)17-38-43-34-7-2-3-8-36(34)50-38/h2-10,16,25-27H,11-15,17-20,22-23H2,1H3,(H,48,49). The maximum atomic E-state index is 13.7. The minimum absolute atomic E-state index is 0.0203. The molecule has 4 saturated carbocycles. The molecule has 9 heteroatoms. The molecular weight excluding hydrogens is 643 g/mol. The third kappa shape index (κ3) is 5.32. The number of para-hydroxylation sites is 1. The lowest BCUT2D eigenvalue weighted by atomic mass is 9.49. The summed E-state index contributed by atoms with van der Waals surface area (Å²) in [6, 6.07) is 21.9. The lowest BCUT2D eigenvalue weighted by Gasteiger charge is -2.57. The number of hydrogen-bond donors (Lipinski definition) is 1. The Balaban J connectivity index is 0.998. The van der Waals surface area contributed by atoms with Crippen molar-refractivity contribution in [1.82, 2.24) is 14.5 Å². The van der Waals surface area contributed by atoms with Gasteiger partial charge in [-0.05, 0) is 116 Å². The summed E-state index contributed by atoms with van der Waals surface area (Å²) in [5, 5.41) is 21.5. The predicted octanol–water partition coefficient (Wildman–Crippen LogP) is 8.24. The van der Waals surface area contributed by atoms with E-state index in [1.165, 1.54) is 38.5 Å². The second kappa shape index (κ2) is 11.9. The summed E-state index contributed by atoms with van der Waals surface area (Å²) in [6.45, 7) is 3.96. The van der Waals surface area contributed by atoms with Gasteiger partial charge in [0.2, 0.25) is 0 Å². The molecular formula is C41H39N5O3S. The number of anilines is 1. The number of carboxylic acid groups (broad SMARTS) is 1. The largest absolute Gasteiger partial charge is 0.476 e. The van der Waals surface area contributed by atoms with Gasteiger partial charge in [0.15, 0.2) is 11.5 Å². The first-order chi connectivity index (χ1) is 24.3. The van der Waals surface area contributed by atoms with Crippen LogP contribution in [-0.4, -0.2) is 37.9 Å². The van der Waals surface area contributed by atoms with Gasteiger partial charge in [0.1, 0.15) is 22.6 Å². The number of Topliss-reactive ketones (excluding diaryl/α,β-unsaturated/α-hetero) is 1. The number of carbonyl (C=O) groups excluding carboxylic acids is 1. The molecule has 4 bridgehead atoms. The van der Waals surface area contributed by atoms with Crippen LogP contribution in [-0.2, 0) is 25.9 Å². The molecule has 4 fully saturated rings. The predicted molar refractivity (Wildman–Crippen MR) is 194 cm³/mol. The van der Waals surface area contributed by atoms with E-state index in [9.17, 15) is 20.0 Å². The van der Waals surface area contributed by atoms with Gasteiger partial charge in [-0.3, -0.25) is 4.79 Å². The number of fused-ring (bicyclic) bond motifs is 2. The zero-order valence-electron chi connectivity index (χ0n) is 28.2. The highest BCUT2D eigenvalue weighted by molar-refractivity contribution is 7.18. The van der Waals surface area contributed by atoms with Crippen molar-refractivity contribution >= 4 is 39.1 Å². The number of ketones is 1. The summed E-state index contributed by atoms with van der Waals surface area (Å²) < 4.78 is 3.23. The van der Waals surface area contributed by atoms with Gasteiger partial charge in [0, 0.05) is 42.0 Å². The van der Waals surface area contributed by atoms with E-state index in [1.54, 1.807) is 11.3 Å². The number of nitrogens with zero attached hydrogens (tertiary/aromatic N) is 5. The van der Waals surface area contributed by atoms with Crippen LogP contribution in [0.15, 0.2) is 60.7 Å². The lowest BCUT2D eigenvalue weighted by molar-refractivity contribution is -0.0621. The molecule has 0 amide bonds. The summed E-state index contributed by atoms with van der Waals surface area (Å²) in [6.07, 6.45) is 8.77. The summed E-state index contributed by atoms with van der Waals surface area (Å²) >= 11 is 1.55. The van der Waals surface area contributed by atoms with Gasteiger partial charge < -0.3 is 14.6 Å². The third-order valence-electron chi connectivity index (χ3n) is 12.1. The highest BCUT2D eigenvalue weighted by Crippen LogP contribution is 2.60. The molecule has 2 aromatic carbocycles. The molecule has 8 nitrogen and oxygen atoms in total. The molecule has 1 aliphatic heterocycles. The van der Waals surface area contributed by atoms with Crippen molar-refractivity contribution in [1.29, 1.82) is 5.26 Å². The molecule has 5 aromatic rings. The van der Waals surface area contributed by atoms with E-state index in [0.29, 0.717) is 35.7 Å². The number of nitriles is 1. The Morgan fingerprint density at radius 1 is 0.980 bits per heavy atom. The van der Waals surface area contributed by atoms with E-state index in [1.807, 2.05) is 61.5 Å². The highest BCUT2D eigenvalue weighted by atomic mass is 32.1. The van der Waals surface area contributed by atoms with Gasteiger partial charge in [0.05, 0.1) is 16.6 Å². The Labute approximate surface area is 295 Å². The topological polar surface area (TPSA) is 112 Å². The van der Waals surface area contributed by atoms with Crippen LogP contribution in [0.5, 0.6) is 0 Å². The first-order valence-corrected chi connectivity index (χ1v) is 18.7. The molecule has 3 aromatic heterocycles. The Morgan fingerprint density at radius 2 is 1.74 bits per heavy atom. The molecule has 10 rings (SSSR count). The molecule has 4 aliphatic carbocycles. The van der Waals surface area contributed by atoms with E-state index in [2.05, 4.69) is 26.6 Å². The van der Waals surface area contributed by atoms with Crippen LogP contribution in [0.2, 0.25) is 0 Å². The van der Waals surface area contributed by atoms with E-state index >= 15 is 0 Å². The Morgan fingerprint density at radius 3 is 2.46 bits per heavy atom. The van der Waals surface area contributed by atoms with Crippen molar-refractivity contribution in [3.8, 4) is 17.2 Å². The van der Waals surface area contributed by atoms with Crippen molar-refractivity contribution in [3.63, 3.8) is 0 Å². The second-order valence-corrected chi connectivity index (χ2v) is 16.4. The molecule has 0 radical (unpaired) electrons. The van der Waals surface area contributed by atoms with Gasteiger partial charge in [-0.25, -0.2) is 14.8 Å². The van der Waals surface area contributed by atoms with E-state index in [0.717, 1.165) is 68.3 Å². The molecule has 1 N–H and O–H groups in total. The maximum Gasteiger partial charge on any atom is 0.355 e. The first kappa shape index (κ1) is 31.2. The summed E-state index contributed by atoms with van der Waals surface area (Å²) in [5.41, 5.74) is 6.70. The fraction of sp³-hybridized carbons (Fsp3) is 0.390. The highest BCUT2D eigenvalue weighted by Gasteiger charge is 2.51. The number of aromatic nitrogens is 3. The molecule has 0 unspecified atom stereocenters. The lowest BCUT2D eigenvalue weighted by Crippen LogP contribution is -2.48. The van der Waals surface area contributed by atoms with E-state index < -0.39 is 5.97 Å². The molecule has 0 spiro atoms. The molecule has 50 heavy (non-hydrogen) atoms. The minimum atomic E-state index is -1.10. The zero-order valence-corrected chi connectivity index (χ0v) is 29.0. The van der Waals surface area contributed by atoms with Gasteiger partial charge in [-0.1, -0.05) is 30.3 Å². The average Bonchev–Trinajstić information content (AvgIpc) is 3.65. The number of benzene rings is 2. The number of aromatic carboxylic acids is 1. The number of carboxylic acids is 1. The minimum Gasteiger partial charge on any atom is -0.476 e. The van der Waals surface area contributed by atoms with Crippen LogP contribution in [0.4, 0.5) is 5.82 Å². The van der Waals surface area contributed by atoms with Crippen molar-refractivity contribution in [2.75, 3.05) is 11.4 Å². The number of rotatable bonds is 8. The van der Waals surface area contributed by atoms with Crippen LogP contribution in [0.1, 0.15) is 86.9 Å². The van der Waals surface area contributed by atoms with Crippen molar-refractivity contribution in [3.05, 3.63) is 99.4 Å². The molecule has 4 heterocycles. The first-order valence-electron chi connectivity index (χ1n) is 17.8. The quantitative estimate of drug-likeness (QED) is 0.164. The Kier molecular flexibility index (Phi) is 7.43. The number of pyridine rings is 1. The van der Waals surface area contributed by atoms with Crippen LogP contribution < -0.4 is 4.90 Å². The van der Waals surface area contributed by atoms with Crippen molar-refractivity contribution in [2.24, 2.45) is 23.2 Å². The molecule has 5 aliphatic rings. The summed E-state index contributed by atoms with van der Waals surface area (Å²) in [7, 11) is 0. The fourth-order valence-electron chi connectivity index (χ4n) is 10.3. The summed E-state index contributed by atoms with van der Waals surface area (Å²) in [4.78, 5) is 37.9. The third-order valence-corrected chi connectivity index (χ3v) is 13.1. The Hall–Kier alpha value is -4.81. The molecule has 0 saturated heterocycles. The van der Waals surface area contributed by atoms with E-state index in [4.69, 9.17) is 4.98 Å². The van der Waals surface area contributed by atoms with Gasteiger partial charge in [-0.15, -0.1) is 11.3 Å². The van der Waals surface area contributed by atoms with Gasteiger partial charge >= 0.3 is 5.97 Å². The molecule has 0 atom stereocenters. The van der Waals surface area contributed by atoms with Crippen LogP contribution in [0, 0.1) is 41.4 Å². The van der Waals surface area contributed by atoms with Crippen molar-refractivity contribution in [2.45, 2.75) is 71.4 Å². The average molecular weight is 682 g/mol. The van der Waals surface area contributed by atoms with Crippen molar-refractivity contribution < 1.29 is 14.7 Å². The van der Waals surface area contributed by atoms with Gasteiger partial charge in [-0.2, -0.15) is 5.26 Å². The number of hydrogen-bond acceptors (Lipinski definition) is 7. The van der Waals surface area contributed by atoms with E-state index in [-0.39, 0.29) is 23.3 Å². The Bertz CT molecular complexity index is 2170. The van der Waals surface area contributed by atoms with Gasteiger partial charge in [0.25, 0.3) is 0 Å². The smallest absolute Gasteiger partial charge is 0.355 e. The zero-order chi connectivity index (χ0) is 34.1. The summed E-state index contributed by atoms with van der Waals surface area (Å²) in [5.74, 6) is 1.93. The normalized spacial score (nSPS) is 23.6. The number of thiazole rings is 1. The number of carbonyl (C=O) groups is 2. The molecule has 252 valence electrons. The monoisotopic (exact) mass is 681 g/mol. The van der Waals surface area contributed by atoms with Crippen LogP contribution in [0.25, 0.3) is 21.3 Å². The van der Waals surface area contributed by atoms with Crippen LogP contribution in [0.3, 0.4) is 0 Å². The fourth-order valence-corrected chi connectivity index (χ4v) is 11.3. The SMILES string of the molecule is Cc1c(-c2ccc(N3CCc4cccc(C(=O)Cc5nc6ccccc6s5)c4C3)nc2C(=O)O)cc(C#N)n1CC12CC3CC(CC(C3)C1)C2. The maximum absolute atomic E-state index is 13.7. The second-order valence-electron chi connectivity index (χ2n) is 15.3.